The molecule has 1 atom stereocenters. The summed E-state index contributed by atoms with van der Waals surface area (Å²) in [5.41, 5.74) is 1.18. The predicted octanol–water partition coefficient (Wildman–Crippen LogP) is 3.72. The highest BCUT2D eigenvalue weighted by Gasteiger charge is 1.95. The van der Waals surface area contributed by atoms with Crippen LogP contribution in [0.2, 0.25) is 0 Å². The topological polar surface area (TPSA) is 9.23 Å². The van der Waals surface area contributed by atoms with E-state index in [9.17, 15) is 0 Å². The molecule has 14 heavy (non-hydrogen) atoms. The lowest BCUT2D eigenvalue weighted by Gasteiger charge is -2.06. The first kappa shape index (κ1) is 10.8. The molecule has 0 bridgehead atoms. The summed E-state index contributed by atoms with van der Waals surface area (Å²) in [4.78, 5) is 0. The zero-order valence-electron chi connectivity index (χ0n) is 8.94. The van der Waals surface area contributed by atoms with Gasteiger partial charge in [-0.25, -0.2) is 0 Å². The van der Waals surface area contributed by atoms with Crippen molar-refractivity contribution < 1.29 is 4.74 Å². The van der Waals surface area contributed by atoms with Gasteiger partial charge in [-0.05, 0) is 17.6 Å². The van der Waals surface area contributed by atoms with E-state index in [4.69, 9.17) is 4.74 Å². The molecule has 1 aromatic carbocycles. The van der Waals surface area contributed by atoms with E-state index in [2.05, 4.69) is 26.0 Å². The number of hydrogen-bond donors (Lipinski definition) is 0. The van der Waals surface area contributed by atoms with Gasteiger partial charge in [0.15, 0.2) is 0 Å². The monoisotopic (exact) mass is 190 g/mol. The molecule has 0 aromatic heterocycles. The quantitative estimate of drug-likeness (QED) is 0.643. The normalized spacial score (nSPS) is 13.0. The van der Waals surface area contributed by atoms with E-state index in [1.807, 2.05) is 24.3 Å². The van der Waals surface area contributed by atoms with E-state index in [1.165, 1.54) is 12.0 Å². The Morgan fingerprint density at radius 1 is 1.29 bits per heavy atom. The second-order valence-corrected chi connectivity index (χ2v) is 3.56. The highest BCUT2D eigenvalue weighted by Crippen LogP contribution is 2.03. The van der Waals surface area contributed by atoms with Crippen LogP contribution >= 0.6 is 0 Å². The lowest BCUT2D eigenvalue weighted by molar-refractivity contribution is 0.202. The molecule has 0 amide bonds. The molecule has 0 spiro atoms. The first-order valence-electron chi connectivity index (χ1n) is 5.16. The van der Waals surface area contributed by atoms with Crippen LogP contribution in [0.3, 0.4) is 0 Å². The molecule has 0 N–H and O–H groups in total. The molecule has 0 saturated heterocycles. The molecule has 0 saturated carbocycles. The minimum atomic E-state index is 0.635. The van der Waals surface area contributed by atoms with E-state index in [0.29, 0.717) is 5.92 Å². The maximum Gasteiger partial charge on any atom is 0.0898 e. The molecular weight excluding hydrogens is 172 g/mol. The van der Waals surface area contributed by atoms with Crippen molar-refractivity contribution in [2.24, 2.45) is 5.92 Å². The molecule has 0 heterocycles. The Kier molecular flexibility index (Phi) is 4.84. The standard InChI is InChI=1S/C13H18O/c1-3-12(2)11-14-10-9-13-7-5-4-6-8-13/h4-10,12H,3,11H2,1-2H3. The van der Waals surface area contributed by atoms with Crippen LogP contribution in [0.1, 0.15) is 25.8 Å². The van der Waals surface area contributed by atoms with Gasteiger partial charge in [0.2, 0.25) is 0 Å². The predicted molar refractivity (Wildman–Crippen MR) is 60.9 cm³/mol. The summed E-state index contributed by atoms with van der Waals surface area (Å²) in [7, 11) is 0. The van der Waals surface area contributed by atoms with Gasteiger partial charge in [-0.1, -0.05) is 50.6 Å². The largest absolute Gasteiger partial charge is 0.501 e. The zero-order valence-corrected chi connectivity index (χ0v) is 8.94. The Morgan fingerprint density at radius 2 is 2.00 bits per heavy atom. The summed E-state index contributed by atoms with van der Waals surface area (Å²) in [6.07, 6.45) is 4.93. The molecule has 76 valence electrons. The fraction of sp³-hybridized carbons (Fsp3) is 0.385. The summed E-state index contributed by atoms with van der Waals surface area (Å²) < 4.78 is 5.41. The van der Waals surface area contributed by atoms with Crippen molar-refractivity contribution in [3.05, 3.63) is 42.2 Å². The molecule has 0 radical (unpaired) electrons. The molecular formula is C13H18O. The molecule has 1 rings (SSSR count). The molecule has 1 nitrogen and oxygen atoms in total. The highest BCUT2D eigenvalue weighted by molar-refractivity contribution is 5.47. The Bertz CT molecular complexity index is 264. The number of rotatable bonds is 5. The highest BCUT2D eigenvalue weighted by atomic mass is 16.5. The van der Waals surface area contributed by atoms with Crippen molar-refractivity contribution in [1.82, 2.24) is 0 Å². The average molecular weight is 190 g/mol. The third-order valence-electron chi connectivity index (χ3n) is 2.23. The van der Waals surface area contributed by atoms with E-state index in [-0.39, 0.29) is 0 Å². The van der Waals surface area contributed by atoms with E-state index in [1.54, 1.807) is 6.26 Å². The molecule has 1 heteroatoms. The lowest BCUT2D eigenvalue weighted by Crippen LogP contribution is -2.00. The van der Waals surface area contributed by atoms with E-state index in [0.717, 1.165) is 6.61 Å². The van der Waals surface area contributed by atoms with Crippen LogP contribution in [0.15, 0.2) is 36.6 Å². The maximum atomic E-state index is 5.41. The van der Waals surface area contributed by atoms with Gasteiger partial charge < -0.3 is 4.74 Å². The van der Waals surface area contributed by atoms with Gasteiger partial charge in [0.1, 0.15) is 0 Å². The summed E-state index contributed by atoms with van der Waals surface area (Å²) in [5, 5.41) is 0. The van der Waals surface area contributed by atoms with Crippen LogP contribution < -0.4 is 0 Å². The van der Waals surface area contributed by atoms with Crippen LogP contribution in [-0.2, 0) is 4.74 Å². The van der Waals surface area contributed by atoms with E-state index < -0.39 is 0 Å². The minimum Gasteiger partial charge on any atom is -0.501 e. The van der Waals surface area contributed by atoms with Crippen molar-refractivity contribution in [3.63, 3.8) is 0 Å². The Balaban J connectivity index is 2.28. The zero-order chi connectivity index (χ0) is 10.2. The summed E-state index contributed by atoms with van der Waals surface area (Å²) >= 11 is 0. The Labute approximate surface area is 86.4 Å². The second kappa shape index (κ2) is 6.25. The molecule has 0 aliphatic carbocycles. The first-order valence-corrected chi connectivity index (χ1v) is 5.16. The molecule has 0 aliphatic rings. The minimum absolute atomic E-state index is 0.635. The molecule has 1 unspecified atom stereocenters. The van der Waals surface area contributed by atoms with Gasteiger partial charge in [-0.2, -0.15) is 0 Å². The summed E-state index contributed by atoms with van der Waals surface area (Å²) in [6, 6.07) is 10.2. The van der Waals surface area contributed by atoms with Crippen LogP contribution in [0.4, 0.5) is 0 Å². The molecule has 1 aromatic rings. The lowest BCUT2D eigenvalue weighted by atomic mass is 10.1. The van der Waals surface area contributed by atoms with Crippen molar-refractivity contribution >= 4 is 6.08 Å². The van der Waals surface area contributed by atoms with Crippen LogP contribution in [0.25, 0.3) is 6.08 Å². The van der Waals surface area contributed by atoms with Crippen LogP contribution in [-0.4, -0.2) is 6.61 Å². The fourth-order valence-electron chi connectivity index (χ4n) is 1.03. The SMILES string of the molecule is CCC(C)COC=Cc1ccccc1. The summed E-state index contributed by atoms with van der Waals surface area (Å²) in [6.45, 7) is 5.17. The molecule has 0 fully saturated rings. The van der Waals surface area contributed by atoms with Gasteiger partial charge in [0.25, 0.3) is 0 Å². The van der Waals surface area contributed by atoms with Crippen molar-refractivity contribution in [3.8, 4) is 0 Å². The van der Waals surface area contributed by atoms with Gasteiger partial charge in [-0.3, -0.25) is 0 Å². The number of hydrogen-bond acceptors (Lipinski definition) is 1. The first-order chi connectivity index (χ1) is 6.83. The fourth-order valence-corrected chi connectivity index (χ4v) is 1.03. The second-order valence-electron chi connectivity index (χ2n) is 3.56. The summed E-state index contributed by atoms with van der Waals surface area (Å²) in [5.74, 6) is 0.635. The van der Waals surface area contributed by atoms with Crippen molar-refractivity contribution in [1.29, 1.82) is 0 Å². The smallest absolute Gasteiger partial charge is 0.0898 e. The van der Waals surface area contributed by atoms with Gasteiger partial charge in [0, 0.05) is 0 Å². The van der Waals surface area contributed by atoms with Gasteiger partial charge in [-0.15, -0.1) is 0 Å². The number of benzene rings is 1. The third-order valence-corrected chi connectivity index (χ3v) is 2.23. The maximum absolute atomic E-state index is 5.41. The Hall–Kier alpha value is -1.24. The van der Waals surface area contributed by atoms with Crippen LogP contribution in [0.5, 0.6) is 0 Å². The average Bonchev–Trinajstić information content (AvgIpc) is 2.25. The van der Waals surface area contributed by atoms with Crippen LogP contribution in [0, 0.1) is 5.92 Å². The Morgan fingerprint density at radius 3 is 2.64 bits per heavy atom. The van der Waals surface area contributed by atoms with Crippen molar-refractivity contribution in [2.45, 2.75) is 20.3 Å². The third kappa shape index (κ3) is 4.13. The van der Waals surface area contributed by atoms with Gasteiger partial charge in [0.05, 0.1) is 12.9 Å². The van der Waals surface area contributed by atoms with Crippen molar-refractivity contribution in [2.75, 3.05) is 6.61 Å². The molecule has 0 aliphatic heterocycles. The van der Waals surface area contributed by atoms with E-state index >= 15 is 0 Å². The number of ether oxygens (including phenoxy) is 1. The van der Waals surface area contributed by atoms with Gasteiger partial charge >= 0.3 is 0 Å².